The van der Waals surface area contributed by atoms with Gasteiger partial charge in [-0.05, 0) is 12.3 Å². The zero-order valence-electron chi connectivity index (χ0n) is 7.32. The quantitative estimate of drug-likeness (QED) is 0.465. The minimum Gasteiger partial charge on any atom is -0.480 e. The number of carboxylic acids is 1. The Labute approximate surface area is 80.5 Å². The molecule has 2 amide bonds. The number of aliphatic carboxylic acids is 1. The second kappa shape index (κ2) is 5.59. The van der Waals surface area contributed by atoms with Crippen LogP contribution in [0.25, 0.3) is 0 Å². The van der Waals surface area contributed by atoms with Crippen LogP contribution in [0.1, 0.15) is 12.8 Å². The number of primary amides is 1. The fourth-order valence-corrected chi connectivity index (χ4v) is 0.744. The van der Waals surface area contributed by atoms with Gasteiger partial charge in [0.15, 0.2) is 0 Å². The van der Waals surface area contributed by atoms with Gasteiger partial charge in [-0.25, -0.2) is 4.79 Å². The molecule has 1 atom stereocenters. The molecule has 0 aromatic rings. The summed E-state index contributed by atoms with van der Waals surface area (Å²) in [7, 11) is 0. The predicted molar refractivity (Wildman–Crippen MR) is 46.8 cm³/mol. The highest BCUT2D eigenvalue weighted by Gasteiger charge is 2.19. The monoisotopic (exact) mass is 198 g/mol. The number of terminal acetylenes is 1. The lowest BCUT2D eigenvalue weighted by atomic mass is 10.1. The van der Waals surface area contributed by atoms with Gasteiger partial charge in [0.05, 0.1) is 0 Å². The molecule has 6 nitrogen and oxygen atoms in total. The van der Waals surface area contributed by atoms with E-state index in [1.54, 1.807) is 5.92 Å². The van der Waals surface area contributed by atoms with E-state index >= 15 is 0 Å². The maximum absolute atomic E-state index is 10.6. The second-order valence-corrected chi connectivity index (χ2v) is 2.51. The van der Waals surface area contributed by atoms with Gasteiger partial charge < -0.3 is 16.2 Å². The van der Waals surface area contributed by atoms with E-state index in [2.05, 4.69) is 0 Å². The molecule has 0 heterocycles. The van der Waals surface area contributed by atoms with Crippen LogP contribution in [0.15, 0.2) is 0 Å². The SMILES string of the molecule is C#CC(=O)N[C@H](CCC(N)=O)C(=O)O. The van der Waals surface area contributed by atoms with E-state index in [1.807, 2.05) is 5.32 Å². The standard InChI is InChI=1S/C8H10N2O4/c1-2-7(12)10-5(8(13)14)3-4-6(9)11/h1,5H,3-4H2,(H2,9,11)(H,10,12)(H,13,14)/t5-/m1/s1. The zero-order chi connectivity index (χ0) is 11.1. The number of rotatable bonds is 5. The fourth-order valence-electron chi connectivity index (χ4n) is 0.744. The summed E-state index contributed by atoms with van der Waals surface area (Å²) in [6.45, 7) is 0. The lowest BCUT2D eigenvalue weighted by Crippen LogP contribution is -2.40. The summed E-state index contributed by atoms with van der Waals surface area (Å²) in [5.41, 5.74) is 4.82. The van der Waals surface area contributed by atoms with Crippen LogP contribution >= 0.6 is 0 Å². The van der Waals surface area contributed by atoms with Crippen molar-refractivity contribution in [3.8, 4) is 12.3 Å². The van der Waals surface area contributed by atoms with Crippen molar-refractivity contribution in [3.63, 3.8) is 0 Å². The summed E-state index contributed by atoms with van der Waals surface area (Å²) in [5.74, 6) is -1.01. The van der Waals surface area contributed by atoms with Gasteiger partial charge in [-0.2, -0.15) is 0 Å². The molecule has 0 aliphatic carbocycles. The third-order valence-corrected chi connectivity index (χ3v) is 1.41. The second-order valence-electron chi connectivity index (χ2n) is 2.51. The Balaban J connectivity index is 4.18. The van der Waals surface area contributed by atoms with Gasteiger partial charge in [0.2, 0.25) is 5.91 Å². The van der Waals surface area contributed by atoms with Gasteiger partial charge in [-0.3, -0.25) is 9.59 Å². The molecule has 0 aromatic carbocycles. The highest BCUT2D eigenvalue weighted by Crippen LogP contribution is 1.96. The molecule has 14 heavy (non-hydrogen) atoms. The molecule has 0 saturated heterocycles. The average molecular weight is 198 g/mol. The largest absolute Gasteiger partial charge is 0.480 e. The van der Waals surface area contributed by atoms with Gasteiger partial charge in [0.25, 0.3) is 5.91 Å². The molecule has 76 valence electrons. The number of hydrogen-bond acceptors (Lipinski definition) is 3. The Hall–Kier alpha value is -2.03. The number of hydrogen-bond donors (Lipinski definition) is 3. The number of carbonyl (C=O) groups excluding carboxylic acids is 2. The van der Waals surface area contributed by atoms with Gasteiger partial charge in [-0.15, -0.1) is 6.42 Å². The Kier molecular flexibility index (Phi) is 4.78. The maximum atomic E-state index is 10.6. The molecule has 0 aliphatic heterocycles. The van der Waals surface area contributed by atoms with E-state index in [-0.39, 0.29) is 12.8 Å². The summed E-state index contributed by atoms with van der Waals surface area (Å²) in [5, 5.41) is 10.6. The molecule has 0 rings (SSSR count). The first-order chi connectivity index (χ1) is 6.47. The molecular formula is C8H10N2O4. The van der Waals surface area contributed by atoms with Crippen LogP contribution in [0.2, 0.25) is 0 Å². The Bertz CT molecular complexity index is 292. The molecule has 0 unspecified atom stereocenters. The molecule has 0 saturated carbocycles. The summed E-state index contributed by atoms with van der Waals surface area (Å²) < 4.78 is 0. The number of carboxylic acid groups (broad SMARTS) is 1. The molecule has 0 bridgehead atoms. The van der Waals surface area contributed by atoms with Crippen molar-refractivity contribution >= 4 is 17.8 Å². The normalized spacial score (nSPS) is 11.1. The van der Waals surface area contributed by atoms with Crippen molar-refractivity contribution < 1.29 is 19.5 Å². The summed E-state index contributed by atoms with van der Waals surface area (Å²) >= 11 is 0. The van der Waals surface area contributed by atoms with Crippen LogP contribution < -0.4 is 11.1 Å². The van der Waals surface area contributed by atoms with E-state index in [9.17, 15) is 14.4 Å². The summed E-state index contributed by atoms with van der Waals surface area (Å²) in [4.78, 5) is 31.5. The molecule has 0 spiro atoms. The van der Waals surface area contributed by atoms with Crippen LogP contribution in [0.4, 0.5) is 0 Å². The van der Waals surface area contributed by atoms with Crippen LogP contribution in [0.3, 0.4) is 0 Å². The minimum atomic E-state index is -1.25. The van der Waals surface area contributed by atoms with E-state index in [0.717, 1.165) is 0 Å². The predicted octanol–water partition coefficient (Wildman–Crippen LogP) is -1.55. The first-order valence-electron chi connectivity index (χ1n) is 3.75. The van der Waals surface area contributed by atoms with E-state index in [1.165, 1.54) is 0 Å². The average Bonchev–Trinajstić information content (AvgIpc) is 2.10. The lowest BCUT2D eigenvalue weighted by molar-refractivity contribution is -0.141. The highest BCUT2D eigenvalue weighted by molar-refractivity contribution is 5.95. The topological polar surface area (TPSA) is 109 Å². The van der Waals surface area contributed by atoms with Crippen molar-refractivity contribution in [2.75, 3.05) is 0 Å². The lowest BCUT2D eigenvalue weighted by Gasteiger charge is -2.10. The van der Waals surface area contributed by atoms with Crippen molar-refractivity contribution in [2.45, 2.75) is 18.9 Å². The molecule has 6 heteroatoms. The smallest absolute Gasteiger partial charge is 0.326 e. The fraction of sp³-hybridized carbons (Fsp3) is 0.375. The van der Waals surface area contributed by atoms with Gasteiger partial charge in [0, 0.05) is 6.42 Å². The van der Waals surface area contributed by atoms with Crippen LogP contribution in [-0.4, -0.2) is 28.9 Å². The maximum Gasteiger partial charge on any atom is 0.326 e. The van der Waals surface area contributed by atoms with E-state index < -0.39 is 23.8 Å². The third kappa shape index (κ3) is 4.77. The molecule has 0 aliphatic rings. The number of carbonyl (C=O) groups is 3. The first kappa shape index (κ1) is 12.0. The van der Waals surface area contributed by atoms with E-state index in [4.69, 9.17) is 17.3 Å². The third-order valence-electron chi connectivity index (χ3n) is 1.41. The number of nitrogens with two attached hydrogens (primary N) is 1. The van der Waals surface area contributed by atoms with Crippen molar-refractivity contribution in [1.29, 1.82) is 0 Å². The Morgan fingerprint density at radius 2 is 2.07 bits per heavy atom. The molecule has 0 fully saturated rings. The molecule has 0 radical (unpaired) electrons. The van der Waals surface area contributed by atoms with Crippen LogP contribution in [0.5, 0.6) is 0 Å². The Morgan fingerprint density at radius 3 is 2.43 bits per heavy atom. The molecule has 4 N–H and O–H groups in total. The number of nitrogens with one attached hydrogen (secondary N) is 1. The van der Waals surface area contributed by atoms with Crippen molar-refractivity contribution in [1.82, 2.24) is 5.32 Å². The minimum absolute atomic E-state index is 0.0713. The van der Waals surface area contributed by atoms with Crippen molar-refractivity contribution in [3.05, 3.63) is 0 Å². The summed E-state index contributed by atoms with van der Waals surface area (Å²) in [6, 6.07) is -1.17. The molecular weight excluding hydrogens is 188 g/mol. The van der Waals surface area contributed by atoms with Gasteiger partial charge in [0.1, 0.15) is 6.04 Å². The highest BCUT2D eigenvalue weighted by atomic mass is 16.4. The zero-order valence-corrected chi connectivity index (χ0v) is 7.32. The van der Waals surface area contributed by atoms with Crippen LogP contribution in [0, 0.1) is 12.3 Å². The van der Waals surface area contributed by atoms with Gasteiger partial charge >= 0.3 is 5.97 Å². The van der Waals surface area contributed by atoms with Gasteiger partial charge in [-0.1, -0.05) is 0 Å². The first-order valence-corrected chi connectivity index (χ1v) is 3.75. The van der Waals surface area contributed by atoms with Crippen molar-refractivity contribution in [2.24, 2.45) is 5.73 Å². The van der Waals surface area contributed by atoms with Crippen LogP contribution in [-0.2, 0) is 14.4 Å². The Morgan fingerprint density at radius 1 is 1.50 bits per heavy atom. The van der Waals surface area contributed by atoms with E-state index in [0.29, 0.717) is 0 Å². The number of amides is 2. The molecule has 0 aromatic heterocycles. The summed E-state index contributed by atoms with van der Waals surface area (Å²) in [6.07, 6.45) is 4.54.